The second kappa shape index (κ2) is 6.23. The largest absolute Gasteiger partial charge is 0.397 e. The van der Waals surface area contributed by atoms with Crippen LogP contribution in [0.1, 0.15) is 16.1 Å². The first-order valence-corrected chi connectivity index (χ1v) is 6.43. The maximum Gasteiger partial charge on any atom is 0.250 e. The molecule has 0 aliphatic carbocycles. The summed E-state index contributed by atoms with van der Waals surface area (Å²) in [5.41, 5.74) is 12.4. The van der Waals surface area contributed by atoms with E-state index in [0.717, 1.165) is 0 Å². The van der Waals surface area contributed by atoms with E-state index in [-0.39, 0.29) is 22.9 Å². The maximum atomic E-state index is 11.9. The number of nitrogens with zero attached hydrogens (tertiary/aromatic N) is 1. The Kier molecular flexibility index (Phi) is 4.39. The lowest BCUT2D eigenvalue weighted by molar-refractivity contribution is -0.115. The van der Waals surface area contributed by atoms with E-state index in [0.29, 0.717) is 17.1 Å². The molecule has 0 atom stereocenters. The van der Waals surface area contributed by atoms with Crippen molar-refractivity contribution in [1.82, 2.24) is 4.98 Å². The van der Waals surface area contributed by atoms with Crippen LogP contribution < -0.4 is 16.8 Å². The molecule has 2 amide bonds. The predicted octanol–water partition coefficient (Wildman–Crippen LogP) is 1.60. The highest BCUT2D eigenvalue weighted by atomic mass is 35.5. The first kappa shape index (κ1) is 14.8. The Morgan fingerprint density at radius 2 is 2.00 bits per heavy atom. The van der Waals surface area contributed by atoms with Gasteiger partial charge in [0, 0.05) is 11.4 Å². The SMILES string of the molecule is NC(=O)c1cc(NC(=O)Cc2ccc(N)cn2)ccc1Cl. The number of hydrogen-bond donors (Lipinski definition) is 3. The fourth-order valence-corrected chi connectivity index (χ4v) is 1.91. The molecule has 0 radical (unpaired) electrons. The first-order chi connectivity index (χ1) is 9.95. The minimum absolute atomic E-state index is 0.0921. The number of benzene rings is 1. The number of hydrogen-bond acceptors (Lipinski definition) is 4. The van der Waals surface area contributed by atoms with Gasteiger partial charge in [-0.15, -0.1) is 0 Å². The molecule has 1 aromatic carbocycles. The lowest BCUT2D eigenvalue weighted by atomic mass is 10.2. The van der Waals surface area contributed by atoms with E-state index in [1.54, 1.807) is 18.2 Å². The standard InChI is InChI=1S/C14H13ClN4O2/c15-12-4-3-10(5-11(12)14(17)21)19-13(20)6-9-2-1-8(16)7-18-9/h1-5,7H,6,16H2,(H2,17,21)(H,19,20). The Balaban J connectivity index is 2.07. The molecule has 0 spiro atoms. The van der Waals surface area contributed by atoms with Gasteiger partial charge in [-0.25, -0.2) is 0 Å². The Morgan fingerprint density at radius 3 is 2.62 bits per heavy atom. The summed E-state index contributed by atoms with van der Waals surface area (Å²) in [4.78, 5) is 27.1. The van der Waals surface area contributed by atoms with Gasteiger partial charge in [0.2, 0.25) is 11.8 Å². The van der Waals surface area contributed by atoms with Crippen LogP contribution in [0.15, 0.2) is 36.5 Å². The third kappa shape index (κ3) is 3.93. The van der Waals surface area contributed by atoms with Crippen LogP contribution in [0.5, 0.6) is 0 Å². The number of amides is 2. The molecule has 0 bridgehead atoms. The molecular formula is C14H13ClN4O2. The summed E-state index contributed by atoms with van der Waals surface area (Å²) in [7, 11) is 0. The van der Waals surface area contributed by atoms with E-state index in [4.69, 9.17) is 23.1 Å². The molecule has 108 valence electrons. The molecule has 2 aromatic rings. The van der Waals surface area contributed by atoms with Gasteiger partial charge in [-0.2, -0.15) is 0 Å². The average Bonchev–Trinajstić information content (AvgIpc) is 2.43. The molecule has 5 N–H and O–H groups in total. The van der Waals surface area contributed by atoms with Gasteiger partial charge >= 0.3 is 0 Å². The van der Waals surface area contributed by atoms with Crippen LogP contribution in [0, 0.1) is 0 Å². The summed E-state index contributed by atoms with van der Waals surface area (Å²) in [6.07, 6.45) is 1.57. The fourth-order valence-electron chi connectivity index (χ4n) is 1.70. The molecule has 0 saturated heterocycles. The van der Waals surface area contributed by atoms with E-state index in [2.05, 4.69) is 10.3 Å². The zero-order valence-electron chi connectivity index (χ0n) is 11.0. The van der Waals surface area contributed by atoms with Crippen molar-refractivity contribution in [3.8, 4) is 0 Å². The molecule has 0 unspecified atom stereocenters. The summed E-state index contributed by atoms with van der Waals surface area (Å²) < 4.78 is 0. The summed E-state index contributed by atoms with van der Waals surface area (Å²) in [6, 6.07) is 7.86. The van der Waals surface area contributed by atoms with Crippen LogP contribution in [-0.2, 0) is 11.2 Å². The lowest BCUT2D eigenvalue weighted by Crippen LogP contribution is -2.17. The maximum absolute atomic E-state index is 11.9. The van der Waals surface area contributed by atoms with Crippen LogP contribution in [0.25, 0.3) is 0 Å². The quantitative estimate of drug-likeness (QED) is 0.796. The number of halogens is 1. The highest BCUT2D eigenvalue weighted by Crippen LogP contribution is 2.20. The Labute approximate surface area is 126 Å². The van der Waals surface area contributed by atoms with Crippen LogP contribution in [0.3, 0.4) is 0 Å². The van der Waals surface area contributed by atoms with Gasteiger partial charge in [0.25, 0.3) is 0 Å². The molecule has 6 nitrogen and oxygen atoms in total. The van der Waals surface area contributed by atoms with Crippen molar-refractivity contribution in [3.63, 3.8) is 0 Å². The summed E-state index contributed by atoms with van der Waals surface area (Å²) in [5, 5.41) is 2.89. The molecule has 2 rings (SSSR count). The number of pyridine rings is 1. The molecular weight excluding hydrogens is 292 g/mol. The van der Waals surface area contributed by atoms with Gasteiger partial charge in [0.15, 0.2) is 0 Å². The van der Waals surface area contributed by atoms with Crippen molar-refractivity contribution in [1.29, 1.82) is 0 Å². The highest BCUT2D eigenvalue weighted by Gasteiger charge is 2.10. The van der Waals surface area contributed by atoms with Crippen molar-refractivity contribution in [2.75, 3.05) is 11.1 Å². The Bertz CT molecular complexity index is 686. The van der Waals surface area contributed by atoms with Crippen molar-refractivity contribution in [2.45, 2.75) is 6.42 Å². The molecule has 21 heavy (non-hydrogen) atoms. The Hall–Kier alpha value is -2.60. The lowest BCUT2D eigenvalue weighted by Gasteiger charge is -2.07. The van der Waals surface area contributed by atoms with Crippen LogP contribution in [0.2, 0.25) is 5.02 Å². The monoisotopic (exact) mass is 304 g/mol. The summed E-state index contributed by atoms with van der Waals surface area (Å²) >= 11 is 5.84. The average molecular weight is 305 g/mol. The summed E-state index contributed by atoms with van der Waals surface area (Å²) in [6.45, 7) is 0. The van der Waals surface area contributed by atoms with Gasteiger partial charge in [-0.05, 0) is 30.3 Å². The smallest absolute Gasteiger partial charge is 0.250 e. The minimum Gasteiger partial charge on any atom is -0.397 e. The molecule has 0 aliphatic rings. The van der Waals surface area contributed by atoms with E-state index in [1.807, 2.05) is 0 Å². The molecule has 1 heterocycles. The van der Waals surface area contributed by atoms with Gasteiger partial charge in [-0.1, -0.05) is 11.6 Å². The van der Waals surface area contributed by atoms with E-state index in [9.17, 15) is 9.59 Å². The minimum atomic E-state index is -0.656. The van der Waals surface area contributed by atoms with Crippen LogP contribution in [-0.4, -0.2) is 16.8 Å². The van der Waals surface area contributed by atoms with Gasteiger partial charge in [-0.3, -0.25) is 14.6 Å². The zero-order valence-corrected chi connectivity index (χ0v) is 11.7. The van der Waals surface area contributed by atoms with Crippen molar-refractivity contribution in [3.05, 3.63) is 52.8 Å². The molecule has 0 saturated carbocycles. The second-order valence-corrected chi connectivity index (χ2v) is 4.77. The second-order valence-electron chi connectivity index (χ2n) is 4.37. The fraction of sp³-hybridized carbons (Fsp3) is 0.0714. The van der Waals surface area contributed by atoms with E-state index < -0.39 is 5.91 Å². The predicted molar refractivity (Wildman–Crippen MR) is 81.0 cm³/mol. The number of aromatic nitrogens is 1. The van der Waals surface area contributed by atoms with Gasteiger partial charge < -0.3 is 16.8 Å². The number of nitrogen functional groups attached to an aromatic ring is 1. The zero-order chi connectivity index (χ0) is 15.4. The van der Waals surface area contributed by atoms with Gasteiger partial charge in [0.05, 0.1) is 28.9 Å². The number of carbonyl (C=O) groups is 2. The number of rotatable bonds is 4. The topological polar surface area (TPSA) is 111 Å². The van der Waals surface area contributed by atoms with Crippen LogP contribution >= 0.6 is 11.6 Å². The number of nitrogens with one attached hydrogen (secondary N) is 1. The van der Waals surface area contributed by atoms with E-state index in [1.165, 1.54) is 18.3 Å². The van der Waals surface area contributed by atoms with Crippen molar-refractivity contribution < 1.29 is 9.59 Å². The molecule has 0 fully saturated rings. The number of anilines is 2. The van der Waals surface area contributed by atoms with Crippen LogP contribution in [0.4, 0.5) is 11.4 Å². The number of nitrogens with two attached hydrogens (primary N) is 2. The number of primary amides is 1. The third-order valence-corrected chi connectivity index (χ3v) is 3.03. The normalized spacial score (nSPS) is 10.1. The first-order valence-electron chi connectivity index (χ1n) is 6.05. The Morgan fingerprint density at radius 1 is 1.24 bits per heavy atom. The molecule has 1 aromatic heterocycles. The van der Waals surface area contributed by atoms with Gasteiger partial charge in [0.1, 0.15) is 0 Å². The highest BCUT2D eigenvalue weighted by molar-refractivity contribution is 6.34. The third-order valence-electron chi connectivity index (χ3n) is 2.70. The molecule has 7 heteroatoms. The van der Waals surface area contributed by atoms with Crippen molar-refractivity contribution >= 4 is 34.8 Å². The van der Waals surface area contributed by atoms with Crippen molar-refractivity contribution in [2.24, 2.45) is 5.73 Å². The number of carbonyl (C=O) groups excluding carboxylic acids is 2. The van der Waals surface area contributed by atoms with E-state index >= 15 is 0 Å². The molecule has 0 aliphatic heterocycles. The summed E-state index contributed by atoms with van der Waals surface area (Å²) in [5.74, 6) is -0.929.